The number of aliphatic hydroxyl groups excluding tert-OH is 2. The minimum atomic E-state index is -2.57. The van der Waals surface area contributed by atoms with Crippen molar-refractivity contribution in [2.75, 3.05) is 13.2 Å². The Hall–Kier alpha value is -4.08. The first-order valence-electron chi connectivity index (χ1n) is 17.4. The summed E-state index contributed by atoms with van der Waals surface area (Å²) in [5.74, 6) is -8.61. The van der Waals surface area contributed by atoms with Gasteiger partial charge < -0.3 is 43.4 Å². The van der Waals surface area contributed by atoms with Crippen molar-refractivity contribution in [2.45, 2.75) is 116 Å². The Kier molecular flexibility index (Phi) is 11.8. The highest BCUT2D eigenvalue weighted by atomic mass is 16.6. The van der Waals surface area contributed by atoms with Gasteiger partial charge in [0, 0.05) is 36.5 Å². The molecule has 4 rings (SSSR count). The summed E-state index contributed by atoms with van der Waals surface area (Å²) < 4.78 is 33.9. The highest BCUT2D eigenvalue weighted by Gasteiger charge is 2.77. The number of carbonyl (C=O) groups excluding carboxylic acids is 6. The molecule has 15 nitrogen and oxygen atoms in total. The van der Waals surface area contributed by atoms with E-state index < -0.39 is 119 Å². The molecule has 15 heteroatoms. The first-order chi connectivity index (χ1) is 24.3. The van der Waals surface area contributed by atoms with Gasteiger partial charge in [0.1, 0.15) is 23.9 Å². The summed E-state index contributed by atoms with van der Waals surface area (Å²) >= 11 is 0. The lowest BCUT2D eigenvalue weighted by Crippen LogP contribution is -2.72. The fourth-order valence-corrected chi connectivity index (χ4v) is 9.06. The number of ketones is 1. The van der Waals surface area contributed by atoms with Crippen LogP contribution in [0, 0.1) is 28.6 Å². The lowest BCUT2D eigenvalue weighted by molar-refractivity contribution is -0.238. The van der Waals surface area contributed by atoms with Crippen LogP contribution in [0.15, 0.2) is 35.2 Å². The van der Waals surface area contributed by atoms with Crippen molar-refractivity contribution in [1.29, 1.82) is 0 Å². The Morgan fingerprint density at radius 2 is 1.87 bits per heavy atom. The van der Waals surface area contributed by atoms with E-state index in [-0.39, 0.29) is 25.1 Å². The number of cyclic esters (lactones) is 1. The van der Waals surface area contributed by atoms with E-state index in [1.807, 2.05) is 0 Å². The molecule has 2 heterocycles. The van der Waals surface area contributed by atoms with Crippen LogP contribution >= 0.6 is 0 Å². The first-order valence-corrected chi connectivity index (χ1v) is 17.4. The van der Waals surface area contributed by atoms with Crippen LogP contribution in [-0.4, -0.2) is 100 Å². The Morgan fingerprint density at radius 3 is 2.40 bits per heavy atom. The first kappa shape index (κ1) is 40.7. The topological polar surface area (TPSA) is 222 Å². The average molecular weight is 735 g/mol. The number of ether oxygens (including phenoxy) is 5. The number of hydrogen-bond donors (Lipinski definition) is 3. The fraction of sp³-hybridized carbons (Fsp3) is 0.676. The summed E-state index contributed by atoms with van der Waals surface area (Å²) in [5, 5.41) is 34.6. The van der Waals surface area contributed by atoms with Gasteiger partial charge in [-0.3, -0.25) is 24.0 Å². The predicted molar refractivity (Wildman–Crippen MR) is 178 cm³/mol. The zero-order valence-corrected chi connectivity index (χ0v) is 30.6. The molecule has 3 aliphatic rings. The molecule has 288 valence electrons. The molecule has 0 bridgehead atoms. The normalized spacial score (nSPS) is 34.3. The number of rotatable bonds is 15. The van der Waals surface area contributed by atoms with E-state index in [9.17, 15) is 44.1 Å². The van der Waals surface area contributed by atoms with Gasteiger partial charge in [-0.1, -0.05) is 40.7 Å². The van der Waals surface area contributed by atoms with Crippen LogP contribution < -0.4 is 0 Å². The summed E-state index contributed by atoms with van der Waals surface area (Å²) in [4.78, 5) is 79.7. The highest BCUT2D eigenvalue weighted by Crippen LogP contribution is 2.68. The third-order valence-corrected chi connectivity index (χ3v) is 12.0. The zero-order chi connectivity index (χ0) is 39.0. The highest BCUT2D eigenvalue weighted by molar-refractivity contribution is 5.96. The van der Waals surface area contributed by atoms with E-state index >= 15 is 0 Å². The lowest BCUT2D eigenvalue weighted by Gasteiger charge is -2.61. The molecule has 3 fully saturated rings. The van der Waals surface area contributed by atoms with Gasteiger partial charge in [0.15, 0.2) is 17.5 Å². The largest absolute Gasteiger partial charge is 0.472 e. The Balaban J connectivity index is 2.10. The molecule has 0 amide bonds. The van der Waals surface area contributed by atoms with Crippen molar-refractivity contribution in [3.8, 4) is 0 Å². The van der Waals surface area contributed by atoms with Crippen molar-refractivity contribution in [3.05, 3.63) is 36.3 Å². The van der Waals surface area contributed by atoms with Crippen LogP contribution in [0.2, 0.25) is 0 Å². The Bertz CT molecular complexity index is 1550. The number of Topliss-reactive ketones (excluding diaryl/α,β-unsaturated/α-hetero) is 1. The van der Waals surface area contributed by atoms with Gasteiger partial charge >= 0.3 is 23.9 Å². The molecule has 1 aromatic rings. The van der Waals surface area contributed by atoms with Crippen LogP contribution in [0.3, 0.4) is 0 Å². The van der Waals surface area contributed by atoms with Crippen LogP contribution in [0.1, 0.15) is 85.6 Å². The van der Waals surface area contributed by atoms with Crippen LogP contribution in [0.5, 0.6) is 0 Å². The number of carbonyl (C=O) groups is 6. The SMILES string of the molecule is C=C1[C@@H]([C@@](C)([C@H](CC(=O)OCC)OC(C)=O)[C@H]2CC(=O)O[C@]2(C)CO)[C@@H](OC=O)[C@H](OC(=O)[C@H](O)[C@H](C)CC)[C@@]2(C)[C@H](c3ccoc3)CC(=O)[C@]12O. The molecule has 1 aromatic heterocycles. The second-order valence-corrected chi connectivity index (χ2v) is 14.8. The van der Waals surface area contributed by atoms with Crippen molar-refractivity contribution in [1.82, 2.24) is 0 Å². The monoisotopic (exact) mass is 734 g/mol. The molecular formula is C37H50O15. The van der Waals surface area contributed by atoms with E-state index in [0.717, 1.165) is 6.92 Å². The number of esters is 4. The molecule has 0 unspecified atom stereocenters. The second-order valence-electron chi connectivity index (χ2n) is 14.8. The van der Waals surface area contributed by atoms with E-state index in [2.05, 4.69) is 6.58 Å². The second kappa shape index (κ2) is 15.1. The maximum absolute atomic E-state index is 14.4. The Labute approximate surface area is 301 Å². The summed E-state index contributed by atoms with van der Waals surface area (Å²) in [6.07, 6.45) is -4.92. The number of fused-ring (bicyclic) bond motifs is 1. The maximum Gasteiger partial charge on any atom is 0.335 e. The van der Waals surface area contributed by atoms with Crippen LogP contribution in [-0.2, 0) is 52.5 Å². The molecule has 0 spiro atoms. The lowest BCUT2D eigenvalue weighted by atomic mass is 9.46. The third kappa shape index (κ3) is 6.44. The van der Waals surface area contributed by atoms with Crippen LogP contribution in [0.4, 0.5) is 0 Å². The number of hydrogen-bond acceptors (Lipinski definition) is 15. The van der Waals surface area contributed by atoms with E-state index in [1.165, 1.54) is 33.3 Å². The summed E-state index contributed by atoms with van der Waals surface area (Å²) in [6.45, 7) is 13.9. The summed E-state index contributed by atoms with van der Waals surface area (Å²) in [7, 11) is 0. The summed E-state index contributed by atoms with van der Waals surface area (Å²) in [5.41, 5.74) is -7.84. The smallest absolute Gasteiger partial charge is 0.335 e. The Morgan fingerprint density at radius 1 is 1.19 bits per heavy atom. The quantitative estimate of drug-likeness (QED) is 0.102. The van der Waals surface area contributed by atoms with Gasteiger partial charge in [0.2, 0.25) is 0 Å². The molecule has 0 aromatic carbocycles. The molecule has 52 heavy (non-hydrogen) atoms. The predicted octanol–water partition coefficient (Wildman–Crippen LogP) is 2.33. The minimum absolute atomic E-state index is 0.0483. The molecule has 1 aliphatic heterocycles. The third-order valence-electron chi connectivity index (χ3n) is 12.0. The van der Waals surface area contributed by atoms with Gasteiger partial charge in [-0.2, -0.15) is 0 Å². The van der Waals surface area contributed by atoms with Crippen molar-refractivity contribution in [3.63, 3.8) is 0 Å². The van der Waals surface area contributed by atoms with Crippen molar-refractivity contribution < 1.29 is 72.2 Å². The molecular weight excluding hydrogens is 684 g/mol. The molecule has 3 N–H and O–H groups in total. The van der Waals surface area contributed by atoms with Gasteiger partial charge in [-0.05, 0) is 37.0 Å². The molecule has 0 radical (unpaired) electrons. The average Bonchev–Trinajstić information content (AvgIpc) is 3.78. The molecule has 2 saturated carbocycles. The van der Waals surface area contributed by atoms with Gasteiger partial charge in [0.05, 0.1) is 44.0 Å². The van der Waals surface area contributed by atoms with E-state index in [0.29, 0.717) is 12.0 Å². The number of aliphatic hydroxyl groups is 3. The standard InChI is InChI=1S/C37H50O15/c1-9-19(3)30(44)33(45)51-32-31(49-18-39)29(20(4)37(46)25(41)13-23(36(32,37)8)22-11-12-47-16-22)35(7,24-14-28(43)52-34(24,6)17-38)26(50-21(5)40)15-27(42)48-10-2/h11-12,16,18-19,23-24,26,29-32,38,44,46H,4,9-10,13-15,17H2,1-3,5-8H3/t19-,23+,24+,26+,29-,30-,31-,32+,34-,35-,36-,37-/m1/s1. The van der Waals surface area contributed by atoms with Gasteiger partial charge in [0.25, 0.3) is 6.47 Å². The van der Waals surface area contributed by atoms with Crippen molar-refractivity contribution in [2.24, 2.45) is 28.6 Å². The number of furan rings is 1. The van der Waals surface area contributed by atoms with Crippen LogP contribution in [0.25, 0.3) is 0 Å². The van der Waals surface area contributed by atoms with E-state index in [4.69, 9.17) is 28.1 Å². The summed E-state index contributed by atoms with van der Waals surface area (Å²) in [6, 6.07) is 1.57. The molecule has 12 atom stereocenters. The van der Waals surface area contributed by atoms with Crippen molar-refractivity contribution >= 4 is 36.1 Å². The minimum Gasteiger partial charge on any atom is -0.472 e. The van der Waals surface area contributed by atoms with Gasteiger partial charge in [-0.15, -0.1) is 0 Å². The fourth-order valence-electron chi connectivity index (χ4n) is 9.06. The van der Waals surface area contributed by atoms with E-state index in [1.54, 1.807) is 26.8 Å². The molecule has 1 saturated heterocycles. The zero-order valence-electron chi connectivity index (χ0n) is 30.6. The maximum atomic E-state index is 14.4. The molecule has 2 aliphatic carbocycles. The van der Waals surface area contributed by atoms with Gasteiger partial charge in [-0.25, -0.2) is 4.79 Å².